The number of para-hydroxylation sites is 1. The van der Waals surface area contributed by atoms with Gasteiger partial charge in [-0.3, -0.25) is 14.9 Å². The van der Waals surface area contributed by atoms with E-state index in [9.17, 15) is 9.59 Å². The monoisotopic (exact) mass is 342 g/mol. The van der Waals surface area contributed by atoms with Crippen LogP contribution in [0.5, 0.6) is 0 Å². The Labute approximate surface area is 151 Å². The minimum Gasteiger partial charge on any atom is -0.378 e. The number of hydrogen-bond acceptors (Lipinski definition) is 3. The molecular weight excluding hydrogens is 324 g/mol. The van der Waals surface area contributed by atoms with Gasteiger partial charge < -0.3 is 5.32 Å². The second-order valence-electron chi connectivity index (χ2n) is 7.77. The molecule has 2 aliphatic carbocycles. The molecule has 4 nitrogen and oxygen atoms in total. The predicted molar refractivity (Wildman–Crippen MR) is 98.5 cm³/mol. The average Bonchev–Trinajstić information content (AvgIpc) is 3.26. The Hall–Kier alpha value is -2.88. The van der Waals surface area contributed by atoms with Crippen molar-refractivity contribution in [3.8, 4) is 0 Å². The Kier molecular flexibility index (Phi) is 2.55. The number of carbonyl (C=O) groups is 2. The molecule has 1 fully saturated rings. The summed E-state index contributed by atoms with van der Waals surface area (Å²) in [5.41, 5.74) is 7.03. The van der Waals surface area contributed by atoms with Gasteiger partial charge in [0.1, 0.15) is 0 Å². The van der Waals surface area contributed by atoms with Crippen LogP contribution in [0.4, 0.5) is 5.69 Å². The number of fused-ring (bicyclic) bond motifs is 9. The van der Waals surface area contributed by atoms with Crippen LogP contribution in [0.3, 0.4) is 0 Å². The molecule has 128 valence electrons. The number of amides is 2. The van der Waals surface area contributed by atoms with Crippen molar-refractivity contribution in [2.45, 2.75) is 24.8 Å². The molecule has 2 aromatic rings. The highest BCUT2D eigenvalue weighted by atomic mass is 16.2. The fraction of sp³-hybridized carbons (Fsp3) is 0.273. The molecular formula is C22H18N2O2. The highest BCUT2D eigenvalue weighted by Gasteiger charge is 2.59. The molecule has 0 radical (unpaired) electrons. The third-order valence-corrected chi connectivity index (χ3v) is 6.71. The molecule has 2 heterocycles. The van der Waals surface area contributed by atoms with Crippen molar-refractivity contribution in [2.24, 2.45) is 11.8 Å². The quantitative estimate of drug-likeness (QED) is 0.724. The molecule has 2 N–H and O–H groups in total. The molecule has 5 atom stereocenters. The van der Waals surface area contributed by atoms with Crippen LogP contribution in [0.15, 0.2) is 54.1 Å². The summed E-state index contributed by atoms with van der Waals surface area (Å²) >= 11 is 0. The lowest BCUT2D eigenvalue weighted by Gasteiger charge is -2.36. The Morgan fingerprint density at radius 1 is 0.846 bits per heavy atom. The Morgan fingerprint density at radius 3 is 2.42 bits per heavy atom. The van der Waals surface area contributed by atoms with Gasteiger partial charge in [-0.05, 0) is 33.9 Å². The van der Waals surface area contributed by atoms with Crippen LogP contribution in [-0.4, -0.2) is 17.9 Å². The zero-order chi connectivity index (χ0) is 17.6. The van der Waals surface area contributed by atoms with E-state index in [1.54, 1.807) is 0 Å². The van der Waals surface area contributed by atoms with Gasteiger partial charge in [0.15, 0.2) is 0 Å². The minimum atomic E-state index is -0.377. The SMILES string of the molecule is CC1C2=C(c3ccccc31)C1C(=O)NC(=O)C1C1c3ccccc3NC21. The molecule has 0 bridgehead atoms. The molecule has 2 aliphatic heterocycles. The summed E-state index contributed by atoms with van der Waals surface area (Å²) in [6.07, 6.45) is 0. The van der Waals surface area contributed by atoms with Gasteiger partial charge in [0.2, 0.25) is 11.8 Å². The summed E-state index contributed by atoms with van der Waals surface area (Å²) in [5.74, 6) is -0.715. The van der Waals surface area contributed by atoms with Crippen molar-refractivity contribution in [1.29, 1.82) is 0 Å². The molecule has 0 saturated carbocycles. The molecule has 4 aliphatic rings. The number of imide groups is 1. The van der Waals surface area contributed by atoms with Gasteiger partial charge in [-0.1, -0.05) is 49.4 Å². The normalized spacial score (nSPS) is 33.0. The standard InChI is InChI=1S/C22H18N2O2/c1-10-11-6-2-3-7-12(11)16-15(10)20-17(13-8-4-5-9-14(13)23-20)19-18(16)21(25)24-22(19)26/h2-10,17-20,23H,1H3,(H,24,25,26). The first-order valence-corrected chi connectivity index (χ1v) is 9.20. The predicted octanol–water partition coefficient (Wildman–Crippen LogP) is 3.04. The Balaban J connectivity index is 1.65. The minimum absolute atomic E-state index is 0.0122. The number of carbonyl (C=O) groups excluding carboxylic acids is 2. The van der Waals surface area contributed by atoms with Gasteiger partial charge in [-0.25, -0.2) is 0 Å². The fourth-order valence-corrected chi connectivity index (χ4v) is 5.77. The van der Waals surface area contributed by atoms with Crippen molar-refractivity contribution in [3.63, 3.8) is 0 Å². The summed E-state index contributed by atoms with van der Waals surface area (Å²) in [7, 11) is 0. The molecule has 4 heteroatoms. The van der Waals surface area contributed by atoms with Crippen molar-refractivity contribution in [3.05, 3.63) is 70.8 Å². The van der Waals surface area contributed by atoms with Crippen molar-refractivity contribution >= 4 is 23.1 Å². The van der Waals surface area contributed by atoms with Gasteiger partial charge in [-0.2, -0.15) is 0 Å². The molecule has 0 spiro atoms. The lowest BCUT2D eigenvalue weighted by molar-refractivity contribution is -0.126. The summed E-state index contributed by atoms with van der Waals surface area (Å²) < 4.78 is 0. The van der Waals surface area contributed by atoms with Crippen molar-refractivity contribution in [2.75, 3.05) is 5.32 Å². The van der Waals surface area contributed by atoms with E-state index in [1.165, 1.54) is 11.1 Å². The van der Waals surface area contributed by atoms with Gasteiger partial charge in [0, 0.05) is 17.5 Å². The smallest absolute Gasteiger partial charge is 0.234 e. The lowest BCUT2D eigenvalue weighted by atomic mass is 9.65. The number of nitrogens with one attached hydrogen (secondary N) is 2. The Morgan fingerprint density at radius 2 is 1.58 bits per heavy atom. The highest BCUT2D eigenvalue weighted by molar-refractivity contribution is 6.13. The number of rotatable bonds is 0. The van der Waals surface area contributed by atoms with E-state index in [4.69, 9.17) is 0 Å². The molecule has 1 saturated heterocycles. The number of benzene rings is 2. The molecule has 2 aromatic carbocycles. The first kappa shape index (κ1) is 14.3. The maximum absolute atomic E-state index is 12.8. The van der Waals surface area contributed by atoms with E-state index >= 15 is 0 Å². The maximum atomic E-state index is 12.8. The second-order valence-corrected chi connectivity index (χ2v) is 7.77. The zero-order valence-corrected chi connectivity index (χ0v) is 14.3. The van der Waals surface area contributed by atoms with Gasteiger partial charge in [-0.15, -0.1) is 0 Å². The van der Waals surface area contributed by atoms with Crippen molar-refractivity contribution < 1.29 is 9.59 Å². The number of anilines is 1. The fourth-order valence-electron chi connectivity index (χ4n) is 5.77. The van der Waals surface area contributed by atoms with Crippen LogP contribution in [-0.2, 0) is 9.59 Å². The van der Waals surface area contributed by atoms with Crippen LogP contribution in [0.2, 0.25) is 0 Å². The summed E-state index contributed by atoms with van der Waals surface area (Å²) in [6.45, 7) is 2.22. The van der Waals surface area contributed by atoms with E-state index in [0.29, 0.717) is 0 Å². The van der Waals surface area contributed by atoms with Crippen LogP contribution in [0, 0.1) is 11.8 Å². The first-order valence-electron chi connectivity index (χ1n) is 9.20. The molecule has 26 heavy (non-hydrogen) atoms. The van der Waals surface area contributed by atoms with E-state index < -0.39 is 0 Å². The second kappa shape index (κ2) is 4.64. The number of hydrogen-bond donors (Lipinski definition) is 2. The third kappa shape index (κ3) is 1.52. The summed E-state index contributed by atoms with van der Waals surface area (Å²) in [5, 5.41) is 6.29. The summed E-state index contributed by atoms with van der Waals surface area (Å²) in [6, 6.07) is 16.6. The highest BCUT2D eigenvalue weighted by Crippen LogP contribution is 2.60. The Bertz CT molecular complexity index is 1040. The average molecular weight is 342 g/mol. The van der Waals surface area contributed by atoms with Gasteiger partial charge >= 0.3 is 0 Å². The lowest BCUT2D eigenvalue weighted by Crippen LogP contribution is -2.39. The van der Waals surface area contributed by atoms with E-state index in [0.717, 1.165) is 22.4 Å². The molecule has 5 unspecified atom stereocenters. The molecule has 6 rings (SSSR count). The van der Waals surface area contributed by atoms with Crippen LogP contribution in [0.25, 0.3) is 5.57 Å². The van der Waals surface area contributed by atoms with E-state index in [-0.39, 0.29) is 41.5 Å². The molecule has 0 aromatic heterocycles. The maximum Gasteiger partial charge on any atom is 0.234 e. The van der Waals surface area contributed by atoms with E-state index in [2.05, 4.69) is 47.9 Å². The first-order chi connectivity index (χ1) is 12.7. The largest absolute Gasteiger partial charge is 0.378 e. The van der Waals surface area contributed by atoms with Crippen LogP contribution in [0.1, 0.15) is 35.4 Å². The molecule has 2 amide bonds. The summed E-state index contributed by atoms with van der Waals surface area (Å²) in [4.78, 5) is 25.6. The third-order valence-electron chi connectivity index (χ3n) is 6.71. The zero-order valence-electron chi connectivity index (χ0n) is 14.3. The van der Waals surface area contributed by atoms with Gasteiger partial charge in [0.25, 0.3) is 0 Å². The van der Waals surface area contributed by atoms with E-state index in [1.807, 2.05) is 18.2 Å². The van der Waals surface area contributed by atoms with Crippen molar-refractivity contribution in [1.82, 2.24) is 5.32 Å². The topological polar surface area (TPSA) is 58.2 Å². The van der Waals surface area contributed by atoms with Crippen LogP contribution < -0.4 is 10.6 Å². The van der Waals surface area contributed by atoms with Gasteiger partial charge in [0.05, 0.1) is 17.9 Å². The van der Waals surface area contributed by atoms with Crippen LogP contribution >= 0.6 is 0 Å².